The predicted octanol–water partition coefficient (Wildman–Crippen LogP) is 2.96. The zero-order chi connectivity index (χ0) is 11.5. The third-order valence-corrected chi connectivity index (χ3v) is 3.99. The third-order valence-electron chi connectivity index (χ3n) is 2.21. The summed E-state index contributed by atoms with van der Waals surface area (Å²) in [5, 5.41) is 2.00. The zero-order valence-electron chi connectivity index (χ0n) is 8.68. The summed E-state index contributed by atoms with van der Waals surface area (Å²) in [5.74, 6) is 0.722. The van der Waals surface area contributed by atoms with Gasteiger partial charge in [0.1, 0.15) is 11.4 Å². The molecule has 2 aromatic heterocycles. The second kappa shape index (κ2) is 4.95. The highest BCUT2D eigenvalue weighted by Crippen LogP contribution is 2.31. The maximum Gasteiger partial charge on any atom is 0.142 e. The second-order valence-electron chi connectivity index (χ2n) is 3.24. The van der Waals surface area contributed by atoms with Gasteiger partial charge in [-0.25, -0.2) is 0 Å². The van der Waals surface area contributed by atoms with E-state index in [4.69, 9.17) is 10.5 Å². The van der Waals surface area contributed by atoms with Gasteiger partial charge in [-0.1, -0.05) is 0 Å². The summed E-state index contributed by atoms with van der Waals surface area (Å²) in [4.78, 5) is 5.34. The first-order valence-corrected chi connectivity index (χ1v) is 6.38. The normalized spacial score (nSPS) is 12.4. The summed E-state index contributed by atoms with van der Waals surface area (Å²) < 4.78 is 6.28. The van der Waals surface area contributed by atoms with Crippen molar-refractivity contribution in [1.29, 1.82) is 0 Å². The number of rotatable bonds is 3. The Kier molecular flexibility index (Phi) is 3.58. The van der Waals surface area contributed by atoms with E-state index in [2.05, 4.69) is 20.9 Å². The topological polar surface area (TPSA) is 48.1 Å². The minimum atomic E-state index is -0.243. The van der Waals surface area contributed by atoms with Crippen LogP contribution in [0.2, 0.25) is 0 Å². The lowest BCUT2D eigenvalue weighted by atomic mass is 10.1. The number of nitrogens with two attached hydrogens (primary N) is 1. The number of thiophene rings is 1. The predicted molar refractivity (Wildman–Crippen MR) is 68.8 cm³/mol. The fourth-order valence-electron chi connectivity index (χ4n) is 1.44. The second-order valence-corrected chi connectivity index (χ2v) is 5.09. The van der Waals surface area contributed by atoms with E-state index in [1.165, 1.54) is 0 Å². The Morgan fingerprint density at radius 2 is 2.38 bits per heavy atom. The van der Waals surface area contributed by atoms with E-state index in [0.29, 0.717) is 0 Å². The number of pyridine rings is 1. The molecule has 2 N–H and O–H groups in total. The summed E-state index contributed by atoms with van der Waals surface area (Å²) in [5.41, 5.74) is 6.92. The van der Waals surface area contributed by atoms with Crippen molar-refractivity contribution in [3.05, 3.63) is 44.8 Å². The van der Waals surface area contributed by atoms with Crippen molar-refractivity contribution in [2.45, 2.75) is 6.04 Å². The maximum absolute atomic E-state index is 6.15. The summed E-state index contributed by atoms with van der Waals surface area (Å²) in [6.07, 6.45) is 1.72. The number of hydrogen-bond acceptors (Lipinski definition) is 4. The molecule has 2 heterocycles. The molecule has 2 rings (SSSR count). The monoisotopic (exact) mass is 298 g/mol. The molecular weight excluding hydrogens is 288 g/mol. The molecule has 0 aromatic carbocycles. The van der Waals surface area contributed by atoms with Crippen LogP contribution in [-0.4, -0.2) is 12.1 Å². The highest BCUT2D eigenvalue weighted by molar-refractivity contribution is 9.10. The van der Waals surface area contributed by atoms with Gasteiger partial charge in [0.15, 0.2) is 0 Å². The standard InChI is InChI=1S/C11H11BrN2OS/c1-15-8-3-2-4-14-11(8)10(13)9-5-7(12)6-16-9/h2-6,10H,13H2,1H3. The smallest absolute Gasteiger partial charge is 0.142 e. The SMILES string of the molecule is COc1cccnc1C(N)c1cc(Br)cs1. The molecule has 0 aliphatic carbocycles. The fourth-order valence-corrected chi connectivity index (χ4v) is 2.88. The zero-order valence-corrected chi connectivity index (χ0v) is 11.1. The summed E-state index contributed by atoms with van der Waals surface area (Å²) in [7, 11) is 1.62. The molecular formula is C11H11BrN2OS. The Balaban J connectivity index is 2.36. The van der Waals surface area contributed by atoms with Crippen LogP contribution in [0.4, 0.5) is 0 Å². The number of hydrogen-bond donors (Lipinski definition) is 1. The van der Waals surface area contributed by atoms with Crippen molar-refractivity contribution in [2.75, 3.05) is 7.11 Å². The Hall–Kier alpha value is -0.910. The van der Waals surface area contributed by atoms with E-state index in [0.717, 1.165) is 20.8 Å². The molecule has 0 radical (unpaired) electrons. The molecule has 1 unspecified atom stereocenters. The number of nitrogens with zero attached hydrogens (tertiary/aromatic N) is 1. The largest absolute Gasteiger partial charge is 0.495 e. The van der Waals surface area contributed by atoms with Crippen LogP contribution >= 0.6 is 27.3 Å². The first kappa shape index (κ1) is 11.6. The van der Waals surface area contributed by atoms with E-state index in [1.54, 1.807) is 24.6 Å². The quantitative estimate of drug-likeness (QED) is 0.948. The van der Waals surface area contributed by atoms with Crippen molar-refractivity contribution in [1.82, 2.24) is 4.98 Å². The van der Waals surface area contributed by atoms with Crippen LogP contribution in [0.3, 0.4) is 0 Å². The summed E-state index contributed by atoms with van der Waals surface area (Å²) in [6.45, 7) is 0. The third kappa shape index (κ3) is 2.26. The van der Waals surface area contributed by atoms with E-state index in [1.807, 2.05) is 23.6 Å². The molecule has 0 aliphatic rings. The molecule has 1 atom stereocenters. The van der Waals surface area contributed by atoms with Crippen molar-refractivity contribution in [3.8, 4) is 5.75 Å². The molecule has 0 amide bonds. The Morgan fingerprint density at radius 3 is 3.00 bits per heavy atom. The van der Waals surface area contributed by atoms with Gasteiger partial charge in [0.25, 0.3) is 0 Å². The van der Waals surface area contributed by atoms with Crippen LogP contribution in [0.5, 0.6) is 5.75 Å². The first-order valence-electron chi connectivity index (χ1n) is 4.71. The van der Waals surface area contributed by atoms with Crippen molar-refractivity contribution in [3.63, 3.8) is 0 Å². The molecule has 0 saturated carbocycles. The molecule has 16 heavy (non-hydrogen) atoms. The molecule has 84 valence electrons. The fraction of sp³-hybridized carbons (Fsp3) is 0.182. The van der Waals surface area contributed by atoms with E-state index < -0.39 is 0 Å². The minimum Gasteiger partial charge on any atom is -0.495 e. The number of halogens is 1. The van der Waals surface area contributed by atoms with Gasteiger partial charge in [-0.3, -0.25) is 4.98 Å². The molecule has 3 nitrogen and oxygen atoms in total. The molecule has 0 aliphatic heterocycles. The van der Waals surface area contributed by atoms with Gasteiger partial charge in [0.05, 0.1) is 13.2 Å². The lowest BCUT2D eigenvalue weighted by molar-refractivity contribution is 0.405. The van der Waals surface area contributed by atoms with Crippen LogP contribution in [0.1, 0.15) is 16.6 Å². The lowest BCUT2D eigenvalue weighted by Gasteiger charge is -2.12. The van der Waals surface area contributed by atoms with Gasteiger partial charge in [-0.15, -0.1) is 11.3 Å². The molecule has 0 spiro atoms. The van der Waals surface area contributed by atoms with Crippen molar-refractivity contribution >= 4 is 27.3 Å². The number of aromatic nitrogens is 1. The van der Waals surface area contributed by atoms with Crippen molar-refractivity contribution < 1.29 is 4.74 Å². The van der Waals surface area contributed by atoms with Crippen LogP contribution in [-0.2, 0) is 0 Å². The van der Waals surface area contributed by atoms with Crippen molar-refractivity contribution in [2.24, 2.45) is 5.73 Å². The van der Waals surface area contributed by atoms with Gasteiger partial charge in [-0.05, 0) is 34.1 Å². The molecule has 0 saturated heterocycles. The Bertz CT molecular complexity index is 486. The van der Waals surface area contributed by atoms with Crippen LogP contribution < -0.4 is 10.5 Å². The number of methoxy groups -OCH3 is 1. The average Bonchev–Trinajstić information content (AvgIpc) is 2.75. The minimum absolute atomic E-state index is 0.243. The van der Waals surface area contributed by atoms with Crippen LogP contribution in [0.15, 0.2) is 34.2 Å². The highest BCUT2D eigenvalue weighted by Gasteiger charge is 2.16. The maximum atomic E-state index is 6.15. The highest BCUT2D eigenvalue weighted by atomic mass is 79.9. The average molecular weight is 299 g/mol. The summed E-state index contributed by atoms with van der Waals surface area (Å²) in [6, 6.07) is 5.46. The Labute approximate surface area is 106 Å². The molecule has 2 aromatic rings. The van der Waals surface area contributed by atoms with Crippen LogP contribution in [0, 0.1) is 0 Å². The van der Waals surface area contributed by atoms with Gasteiger partial charge in [-0.2, -0.15) is 0 Å². The van der Waals surface area contributed by atoms with Gasteiger partial charge >= 0.3 is 0 Å². The van der Waals surface area contributed by atoms with Gasteiger partial charge in [0.2, 0.25) is 0 Å². The van der Waals surface area contributed by atoms with Crippen LogP contribution in [0.25, 0.3) is 0 Å². The van der Waals surface area contributed by atoms with E-state index >= 15 is 0 Å². The first-order chi connectivity index (χ1) is 7.72. The lowest BCUT2D eigenvalue weighted by Crippen LogP contribution is -2.13. The molecule has 5 heteroatoms. The van der Waals surface area contributed by atoms with Gasteiger partial charge in [0, 0.05) is 20.9 Å². The number of ether oxygens (including phenoxy) is 1. The molecule has 0 fully saturated rings. The van der Waals surface area contributed by atoms with Gasteiger partial charge < -0.3 is 10.5 Å². The summed E-state index contributed by atoms with van der Waals surface area (Å²) >= 11 is 5.02. The van der Waals surface area contributed by atoms with E-state index in [-0.39, 0.29) is 6.04 Å². The van der Waals surface area contributed by atoms with E-state index in [9.17, 15) is 0 Å². The molecule has 0 bridgehead atoms. The Morgan fingerprint density at radius 1 is 1.56 bits per heavy atom.